The van der Waals surface area contributed by atoms with Gasteiger partial charge in [0.05, 0.1) is 13.0 Å². The summed E-state index contributed by atoms with van der Waals surface area (Å²) >= 11 is 0. The van der Waals surface area contributed by atoms with Crippen LogP contribution >= 0.6 is 0 Å². The topological polar surface area (TPSA) is 64.4 Å². The van der Waals surface area contributed by atoms with Crippen LogP contribution in [0.15, 0.2) is 24.3 Å². The normalized spacial score (nSPS) is 11.9. The quantitative estimate of drug-likeness (QED) is 0.795. The van der Waals surface area contributed by atoms with E-state index in [1.165, 1.54) is 0 Å². The number of amides is 1. The van der Waals surface area contributed by atoms with Crippen LogP contribution in [0, 0.1) is 5.92 Å². The summed E-state index contributed by atoms with van der Waals surface area (Å²) in [7, 11) is 1.61. The highest BCUT2D eigenvalue weighted by Gasteiger charge is 2.14. The van der Waals surface area contributed by atoms with Gasteiger partial charge in [-0.1, -0.05) is 6.92 Å². The Morgan fingerprint density at radius 2 is 2.06 bits per heavy atom. The number of anilines is 1. The Labute approximate surface area is 95.8 Å². The van der Waals surface area contributed by atoms with Crippen molar-refractivity contribution in [2.45, 2.75) is 13.3 Å². The predicted molar refractivity (Wildman–Crippen MR) is 64.5 cm³/mol. The zero-order valence-electron chi connectivity index (χ0n) is 9.69. The number of methoxy groups -OCH3 is 1. The van der Waals surface area contributed by atoms with Gasteiger partial charge in [0.25, 0.3) is 0 Å². The van der Waals surface area contributed by atoms with Gasteiger partial charge in [-0.15, -0.1) is 0 Å². The fourth-order valence-corrected chi connectivity index (χ4v) is 1.38. The van der Waals surface area contributed by atoms with Crippen LogP contribution in [0.5, 0.6) is 5.75 Å². The van der Waals surface area contributed by atoms with Gasteiger partial charge in [0.15, 0.2) is 0 Å². The van der Waals surface area contributed by atoms with Crippen LogP contribution in [-0.2, 0) is 4.79 Å². The van der Waals surface area contributed by atoms with Crippen LogP contribution in [0.3, 0.4) is 0 Å². The number of nitrogens with two attached hydrogens (primary N) is 1. The molecule has 0 saturated heterocycles. The lowest BCUT2D eigenvalue weighted by atomic mass is 10.1. The molecule has 0 saturated carbocycles. The van der Waals surface area contributed by atoms with Crippen molar-refractivity contribution in [2.24, 2.45) is 11.7 Å². The fourth-order valence-electron chi connectivity index (χ4n) is 1.38. The van der Waals surface area contributed by atoms with E-state index in [0.29, 0.717) is 6.54 Å². The molecule has 1 atom stereocenters. The molecule has 0 radical (unpaired) electrons. The minimum absolute atomic E-state index is 0.0323. The van der Waals surface area contributed by atoms with Crippen molar-refractivity contribution in [2.75, 3.05) is 19.0 Å². The van der Waals surface area contributed by atoms with Crippen molar-refractivity contribution in [1.82, 2.24) is 0 Å². The molecule has 1 rings (SSSR count). The van der Waals surface area contributed by atoms with Crippen molar-refractivity contribution in [1.29, 1.82) is 0 Å². The molecule has 0 aromatic heterocycles. The molecule has 3 N–H and O–H groups in total. The van der Waals surface area contributed by atoms with Gasteiger partial charge < -0.3 is 15.8 Å². The first kappa shape index (κ1) is 12.5. The lowest BCUT2D eigenvalue weighted by molar-refractivity contribution is -0.119. The Kier molecular flexibility index (Phi) is 4.79. The van der Waals surface area contributed by atoms with E-state index < -0.39 is 0 Å². The van der Waals surface area contributed by atoms with Crippen LogP contribution in [0.4, 0.5) is 5.69 Å². The molecule has 0 aliphatic carbocycles. The minimum atomic E-state index is -0.123. The van der Waals surface area contributed by atoms with E-state index in [9.17, 15) is 4.79 Å². The first-order chi connectivity index (χ1) is 7.71. The standard InChI is InChI=1S/C12H18N2O2/c1-3-9(8-13)12(15)14-10-4-6-11(16-2)7-5-10/h4-7,9H,3,8,13H2,1-2H3,(H,14,15). The summed E-state index contributed by atoms with van der Waals surface area (Å²) in [4.78, 5) is 11.7. The summed E-state index contributed by atoms with van der Waals surface area (Å²) in [6, 6.07) is 7.22. The third-order valence-corrected chi connectivity index (χ3v) is 2.51. The van der Waals surface area contributed by atoms with Gasteiger partial charge in [-0.25, -0.2) is 0 Å². The third-order valence-electron chi connectivity index (χ3n) is 2.51. The SMILES string of the molecule is CCC(CN)C(=O)Nc1ccc(OC)cc1. The Balaban J connectivity index is 2.62. The smallest absolute Gasteiger partial charge is 0.228 e. The zero-order valence-corrected chi connectivity index (χ0v) is 9.69. The molecule has 0 heterocycles. The van der Waals surface area contributed by atoms with Gasteiger partial charge >= 0.3 is 0 Å². The number of carbonyl (C=O) groups is 1. The third kappa shape index (κ3) is 3.24. The summed E-state index contributed by atoms with van der Waals surface area (Å²) in [6.07, 6.45) is 0.749. The van der Waals surface area contributed by atoms with E-state index in [1.807, 2.05) is 6.92 Å². The number of rotatable bonds is 5. The molecule has 1 aromatic carbocycles. The molecule has 4 heteroatoms. The number of carbonyl (C=O) groups excluding carboxylic acids is 1. The summed E-state index contributed by atoms with van der Waals surface area (Å²) in [5.41, 5.74) is 6.26. The number of ether oxygens (including phenoxy) is 1. The largest absolute Gasteiger partial charge is 0.497 e. The summed E-state index contributed by atoms with van der Waals surface area (Å²) in [5.74, 6) is 0.612. The molecule has 1 unspecified atom stereocenters. The molecule has 4 nitrogen and oxygen atoms in total. The van der Waals surface area contributed by atoms with E-state index in [4.69, 9.17) is 10.5 Å². The molecule has 88 valence electrons. The van der Waals surface area contributed by atoms with Crippen LogP contribution < -0.4 is 15.8 Å². The molecular weight excluding hydrogens is 204 g/mol. The first-order valence-electron chi connectivity index (χ1n) is 5.36. The monoisotopic (exact) mass is 222 g/mol. The Morgan fingerprint density at radius 1 is 1.44 bits per heavy atom. The first-order valence-corrected chi connectivity index (χ1v) is 5.36. The van der Waals surface area contributed by atoms with Gasteiger partial charge in [-0.05, 0) is 30.7 Å². The van der Waals surface area contributed by atoms with Crippen molar-refractivity contribution in [3.63, 3.8) is 0 Å². The van der Waals surface area contributed by atoms with Crippen LogP contribution in [0.1, 0.15) is 13.3 Å². The maximum absolute atomic E-state index is 11.7. The lowest BCUT2D eigenvalue weighted by Crippen LogP contribution is -2.28. The van der Waals surface area contributed by atoms with Gasteiger partial charge in [0, 0.05) is 12.2 Å². The molecule has 0 aliphatic rings. The summed E-state index contributed by atoms with van der Waals surface area (Å²) in [6.45, 7) is 2.32. The average molecular weight is 222 g/mol. The number of benzene rings is 1. The van der Waals surface area contributed by atoms with E-state index >= 15 is 0 Å². The lowest BCUT2D eigenvalue weighted by Gasteiger charge is -2.12. The Morgan fingerprint density at radius 3 is 2.50 bits per heavy atom. The maximum Gasteiger partial charge on any atom is 0.228 e. The molecule has 0 spiro atoms. The zero-order chi connectivity index (χ0) is 12.0. The van der Waals surface area contributed by atoms with Crippen LogP contribution in [0.2, 0.25) is 0 Å². The Hall–Kier alpha value is -1.55. The second-order valence-corrected chi connectivity index (χ2v) is 3.56. The van der Waals surface area contributed by atoms with Gasteiger partial charge in [0.1, 0.15) is 5.75 Å². The number of nitrogens with one attached hydrogen (secondary N) is 1. The van der Waals surface area contributed by atoms with Gasteiger partial charge in [0.2, 0.25) is 5.91 Å². The molecule has 1 aromatic rings. The minimum Gasteiger partial charge on any atom is -0.497 e. The van der Waals surface area contributed by atoms with E-state index in [0.717, 1.165) is 17.9 Å². The van der Waals surface area contributed by atoms with Crippen molar-refractivity contribution < 1.29 is 9.53 Å². The molecule has 16 heavy (non-hydrogen) atoms. The number of hydrogen-bond acceptors (Lipinski definition) is 3. The maximum atomic E-state index is 11.7. The Bertz CT molecular complexity index is 331. The highest BCUT2D eigenvalue weighted by atomic mass is 16.5. The van der Waals surface area contributed by atoms with E-state index in [2.05, 4.69) is 5.32 Å². The van der Waals surface area contributed by atoms with Crippen LogP contribution in [0.25, 0.3) is 0 Å². The summed E-state index contributed by atoms with van der Waals surface area (Å²) in [5, 5.41) is 2.82. The molecular formula is C12H18N2O2. The van der Waals surface area contributed by atoms with Gasteiger partial charge in [-0.2, -0.15) is 0 Å². The number of hydrogen-bond donors (Lipinski definition) is 2. The highest BCUT2D eigenvalue weighted by Crippen LogP contribution is 2.16. The van der Waals surface area contributed by atoms with Crippen molar-refractivity contribution in [3.05, 3.63) is 24.3 Å². The molecule has 0 bridgehead atoms. The molecule has 1 amide bonds. The second-order valence-electron chi connectivity index (χ2n) is 3.56. The molecule has 0 aliphatic heterocycles. The predicted octanol–water partition coefficient (Wildman–Crippen LogP) is 1.62. The summed E-state index contributed by atoms with van der Waals surface area (Å²) < 4.78 is 5.03. The molecule has 0 fully saturated rings. The van der Waals surface area contributed by atoms with Crippen molar-refractivity contribution in [3.8, 4) is 5.75 Å². The van der Waals surface area contributed by atoms with Crippen molar-refractivity contribution >= 4 is 11.6 Å². The second kappa shape index (κ2) is 6.12. The fraction of sp³-hybridized carbons (Fsp3) is 0.417. The van der Waals surface area contributed by atoms with Gasteiger partial charge in [-0.3, -0.25) is 4.79 Å². The van der Waals surface area contributed by atoms with Crippen LogP contribution in [-0.4, -0.2) is 19.6 Å². The van der Waals surface area contributed by atoms with E-state index in [-0.39, 0.29) is 11.8 Å². The van der Waals surface area contributed by atoms with E-state index in [1.54, 1.807) is 31.4 Å². The highest BCUT2D eigenvalue weighted by molar-refractivity contribution is 5.92. The average Bonchev–Trinajstić information content (AvgIpc) is 2.31.